The minimum absolute atomic E-state index is 0.0848. The largest absolute Gasteiger partial charge is 0.481 e. The zero-order valence-electron chi connectivity index (χ0n) is 19.5. The second-order valence-electron chi connectivity index (χ2n) is 8.85. The van der Waals surface area contributed by atoms with Crippen LogP contribution in [-0.2, 0) is 4.79 Å². The predicted octanol–water partition coefficient (Wildman–Crippen LogP) is 4.21. The molecular formula is C29H23N3O4. The number of carbonyl (C=O) groups is 1. The Morgan fingerprint density at radius 1 is 0.972 bits per heavy atom. The number of hydrogen-bond donors (Lipinski definition) is 2. The summed E-state index contributed by atoms with van der Waals surface area (Å²) in [5.41, 5.74) is 2.94. The van der Waals surface area contributed by atoms with Crippen LogP contribution in [0.4, 0.5) is 0 Å². The zero-order chi connectivity index (χ0) is 24.8. The summed E-state index contributed by atoms with van der Waals surface area (Å²) in [6.07, 6.45) is 0.164. The van der Waals surface area contributed by atoms with E-state index >= 15 is 0 Å². The lowest BCUT2D eigenvalue weighted by Crippen LogP contribution is -2.38. The van der Waals surface area contributed by atoms with E-state index in [-0.39, 0.29) is 18.0 Å². The highest BCUT2D eigenvalue weighted by atomic mass is 16.5. The van der Waals surface area contributed by atoms with Crippen molar-refractivity contribution >= 4 is 44.0 Å². The summed E-state index contributed by atoms with van der Waals surface area (Å²) in [6.45, 7) is 1.75. The van der Waals surface area contributed by atoms with E-state index < -0.39 is 12.2 Å². The van der Waals surface area contributed by atoms with Gasteiger partial charge in [0.2, 0.25) is 0 Å². The number of nitrogens with zero attached hydrogens (tertiary/aromatic N) is 2. The first-order valence-corrected chi connectivity index (χ1v) is 11.8. The van der Waals surface area contributed by atoms with Gasteiger partial charge < -0.3 is 15.2 Å². The van der Waals surface area contributed by atoms with Gasteiger partial charge >= 0.3 is 0 Å². The number of pyridine rings is 2. The third kappa shape index (κ3) is 3.52. The van der Waals surface area contributed by atoms with Gasteiger partial charge in [0.25, 0.3) is 11.5 Å². The SMILES string of the molecule is C[C@H](Oc1ccc2c(c1)c1ccnc3c4ccccc4c(=O)n2c13)C(=O)NC[C@@H](O)c1ccccc1. The van der Waals surface area contributed by atoms with Crippen LogP contribution in [0.15, 0.2) is 89.9 Å². The first-order chi connectivity index (χ1) is 17.5. The third-order valence-corrected chi connectivity index (χ3v) is 6.60. The highest BCUT2D eigenvalue weighted by Crippen LogP contribution is 2.34. The lowest BCUT2D eigenvalue weighted by Gasteiger charge is -2.17. The van der Waals surface area contributed by atoms with Gasteiger partial charge in [0.15, 0.2) is 6.10 Å². The van der Waals surface area contributed by atoms with E-state index in [0.29, 0.717) is 11.1 Å². The number of aliphatic hydroxyl groups is 1. The summed E-state index contributed by atoms with van der Waals surface area (Å²) in [7, 11) is 0. The van der Waals surface area contributed by atoms with Crippen molar-refractivity contribution in [1.82, 2.24) is 14.7 Å². The van der Waals surface area contributed by atoms with Gasteiger partial charge in [0.05, 0.1) is 22.7 Å². The molecule has 178 valence electrons. The lowest BCUT2D eigenvalue weighted by atomic mass is 10.1. The zero-order valence-corrected chi connectivity index (χ0v) is 19.5. The maximum absolute atomic E-state index is 13.4. The summed E-state index contributed by atoms with van der Waals surface area (Å²) in [6, 6.07) is 24.0. The molecule has 6 aromatic rings. The number of rotatable bonds is 6. The minimum atomic E-state index is -0.802. The number of hydrogen-bond acceptors (Lipinski definition) is 5. The summed E-state index contributed by atoms with van der Waals surface area (Å²) in [5, 5.41) is 16.2. The fraction of sp³-hybridized carbons (Fsp3) is 0.138. The molecule has 0 aliphatic heterocycles. The van der Waals surface area contributed by atoms with Crippen molar-refractivity contribution in [2.45, 2.75) is 19.1 Å². The van der Waals surface area contributed by atoms with Gasteiger partial charge in [-0.05, 0) is 42.8 Å². The molecule has 0 bridgehead atoms. The van der Waals surface area contributed by atoms with Gasteiger partial charge in [-0.3, -0.25) is 19.0 Å². The Morgan fingerprint density at radius 3 is 2.53 bits per heavy atom. The molecule has 0 saturated carbocycles. The van der Waals surface area contributed by atoms with Crippen molar-refractivity contribution in [2.75, 3.05) is 6.54 Å². The summed E-state index contributed by atoms with van der Waals surface area (Å²) < 4.78 is 7.65. The Hall–Kier alpha value is -4.49. The Balaban J connectivity index is 1.31. The van der Waals surface area contributed by atoms with Crippen molar-refractivity contribution in [2.24, 2.45) is 0 Å². The molecule has 0 saturated heterocycles. The van der Waals surface area contributed by atoms with E-state index in [1.54, 1.807) is 23.6 Å². The molecule has 6 rings (SSSR count). The van der Waals surface area contributed by atoms with Crippen LogP contribution in [0.3, 0.4) is 0 Å². The van der Waals surface area contributed by atoms with Gasteiger partial charge in [-0.15, -0.1) is 0 Å². The topological polar surface area (TPSA) is 92.9 Å². The first kappa shape index (κ1) is 22.0. The van der Waals surface area contributed by atoms with Crippen LogP contribution in [0.2, 0.25) is 0 Å². The molecule has 0 fully saturated rings. The second-order valence-corrected chi connectivity index (χ2v) is 8.85. The van der Waals surface area contributed by atoms with Crippen molar-refractivity contribution in [3.05, 3.63) is 101 Å². The van der Waals surface area contributed by atoms with E-state index in [2.05, 4.69) is 10.3 Å². The van der Waals surface area contributed by atoms with E-state index in [1.807, 2.05) is 72.8 Å². The molecule has 0 aliphatic rings. The highest BCUT2D eigenvalue weighted by Gasteiger charge is 2.20. The van der Waals surface area contributed by atoms with Crippen molar-refractivity contribution in [3.63, 3.8) is 0 Å². The molecule has 2 atom stereocenters. The monoisotopic (exact) mass is 477 g/mol. The van der Waals surface area contributed by atoms with Gasteiger partial charge in [-0.25, -0.2) is 0 Å². The van der Waals surface area contributed by atoms with E-state index in [0.717, 1.165) is 38.3 Å². The van der Waals surface area contributed by atoms with Crippen LogP contribution >= 0.6 is 0 Å². The van der Waals surface area contributed by atoms with Gasteiger partial charge in [0.1, 0.15) is 5.75 Å². The lowest BCUT2D eigenvalue weighted by molar-refractivity contribution is -0.127. The number of aliphatic hydroxyl groups excluding tert-OH is 1. The average Bonchev–Trinajstić information content (AvgIpc) is 3.25. The summed E-state index contributed by atoms with van der Waals surface area (Å²) >= 11 is 0. The first-order valence-electron chi connectivity index (χ1n) is 11.8. The maximum Gasteiger partial charge on any atom is 0.263 e. The smallest absolute Gasteiger partial charge is 0.263 e. The summed E-state index contributed by atoms with van der Waals surface area (Å²) in [5.74, 6) is 0.179. The molecule has 1 amide bonds. The molecule has 0 spiro atoms. The van der Waals surface area contributed by atoms with Crippen LogP contribution in [0.25, 0.3) is 38.1 Å². The number of benzene rings is 3. The summed E-state index contributed by atoms with van der Waals surface area (Å²) in [4.78, 5) is 30.6. The van der Waals surface area contributed by atoms with Gasteiger partial charge in [-0.1, -0.05) is 48.5 Å². The number of amides is 1. The van der Waals surface area contributed by atoms with E-state index in [9.17, 15) is 14.7 Å². The predicted molar refractivity (Wildman–Crippen MR) is 140 cm³/mol. The number of fused-ring (bicyclic) bond motifs is 5. The van der Waals surface area contributed by atoms with E-state index in [1.165, 1.54) is 0 Å². The molecule has 0 radical (unpaired) electrons. The quantitative estimate of drug-likeness (QED) is 0.351. The molecular weight excluding hydrogens is 454 g/mol. The molecule has 0 unspecified atom stereocenters. The number of nitrogens with one attached hydrogen (secondary N) is 1. The van der Waals surface area contributed by atoms with Crippen LogP contribution < -0.4 is 15.6 Å². The average molecular weight is 478 g/mol. The molecule has 7 nitrogen and oxygen atoms in total. The van der Waals surface area contributed by atoms with Crippen molar-refractivity contribution in [1.29, 1.82) is 0 Å². The number of ether oxygens (including phenoxy) is 1. The van der Waals surface area contributed by atoms with Crippen LogP contribution in [0.1, 0.15) is 18.6 Å². The van der Waals surface area contributed by atoms with Crippen molar-refractivity contribution in [3.8, 4) is 5.75 Å². The van der Waals surface area contributed by atoms with Crippen molar-refractivity contribution < 1.29 is 14.6 Å². The molecule has 2 N–H and O–H groups in total. The van der Waals surface area contributed by atoms with Gasteiger partial charge in [0, 0.05) is 34.3 Å². The highest BCUT2D eigenvalue weighted by molar-refractivity contribution is 6.18. The maximum atomic E-state index is 13.4. The fourth-order valence-corrected chi connectivity index (χ4v) is 4.81. The molecule has 3 heterocycles. The van der Waals surface area contributed by atoms with Crippen LogP contribution in [-0.4, -0.2) is 33.0 Å². The normalized spacial score (nSPS) is 13.4. The Morgan fingerprint density at radius 2 is 1.72 bits per heavy atom. The van der Waals surface area contributed by atoms with E-state index in [4.69, 9.17) is 4.74 Å². The molecule has 7 heteroatoms. The third-order valence-electron chi connectivity index (χ3n) is 6.60. The standard InChI is InChI=1S/C29H23N3O4/c1-17(28(34)31-16-25(33)18-7-3-2-4-8-18)36-19-11-12-24-23(15-19)21-13-14-30-26-20-9-5-6-10-22(20)29(35)32(24)27(21)26/h2-15,17,25,33H,16H2,1H3,(H,31,34)/t17-,25+/m0/s1. The molecule has 3 aromatic heterocycles. The Bertz CT molecular complexity index is 1800. The van der Waals surface area contributed by atoms with Crippen LogP contribution in [0.5, 0.6) is 5.75 Å². The molecule has 0 aliphatic carbocycles. The van der Waals surface area contributed by atoms with Gasteiger partial charge in [-0.2, -0.15) is 0 Å². The number of aromatic nitrogens is 2. The fourth-order valence-electron chi connectivity index (χ4n) is 4.81. The minimum Gasteiger partial charge on any atom is -0.481 e. The Labute approximate surface area is 205 Å². The number of carbonyl (C=O) groups excluding carboxylic acids is 1. The molecule has 3 aromatic carbocycles. The van der Waals surface area contributed by atoms with Crippen LogP contribution in [0, 0.1) is 0 Å². The second kappa shape index (κ2) is 8.62. The Kier molecular flexibility index (Phi) is 5.27. The molecule has 36 heavy (non-hydrogen) atoms.